The van der Waals surface area contributed by atoms with Crippen LogP contribution in [0, 0.1) is 0 Å². The van der Waals surface area contributed by atoms with E-state index in [4.69, 9.17) is 10.7 Å². The van der Waals surface area contributed by atoms with Crippen LogP contribution in [0.5, 0.6) is 0 Å². The molecular weight excluding hydrogens is 252 g/mol. The first-order valence-electron chi connectivity index (χ1n) is 7.12. The molecule has 1 unspecified atom stereocenters. The number of aryl methyl sites for hydroxylation is 1. The number of rotatable bonds is 3. The van der Waals surface area contributed by atoms with Crippen molar-refractivity contribution >= 4 is 16.9 Å². The van der Waals surface area contributed by atoms with Gasteiger partial charge in [0.25, 0.3) is 0 Å². The number of imidazole rings is 1. The van der Waals surface area contributed by atoms with Crippen molar-refractivity contribution in [3.8, 4) is 0 Å². The Morgan fingerprint density at radius 1 is 1.50 bits per heavy atom. The third-order valence-corrected chi connectivity index (χ3v) is 4.14. The van der Waals surface area contributed by atoms with E-state index in [0.29, 0.717) is 11.7 Å². The number of likely N-dealkylation sites (tertiary alicyclic amines) is 1. The summed E-state index contributed by atoms with van der Waals surface area (Å²) in [6, 6.07) is 5.51. The Balaban J connectivity index is 2.21. The first-order valence-corrected chi connectivity index (χ1v) is 7.12. The summed E-state index contributed by atoms with van der Waals surface area (Å²) in [5, 5.41) is 0. The van der Waals surface area contributed by atoms with E-state index in [0.717, 1.165) is 36.2 Å². The third kappa shape index (κ3) is 1.98. The number of aromatic nitrogens is 2. The number of carbonyl (C=O) groups is 1. The Morgan fingerprint density at radius 3 is 2.90 bits per heavy atom. The molecule has 1 aliphatic rings. The summed E-state index contributed by atoms with van der Waals surface area (Å²) >= 11 is 0. The zero-order valence-corrected chi connectivity index (χ0v) is 12.0. The van der Waals surface area contributed by atoms with Gasteiger partial charge in [0, 0.05) is 12.0 Å². The maximum atomic E-state index is 11.4. The maximum Gasteiger partial charge on any atom is 0.248 e. The molecule has 1 aromatic heterocycles. The number of fused-ring (bicyclic) bond motifs is 1. The number of carbonyl (C=O) groups excluding carboxylic acids is 1. The van der Waals surface area contributed by atoms with Gasteiger partial charge in [-0.15, -0.1) is 0 Å². The summed E-state index contributed by atoms with van der Waals surface area (Å²) in [5.41, 5.74) is 7.89. The van der Waals surface area contributed by atoms with Crippen LogP contribution in [0.15, 0.2) is 18.2 Å². The van der Waals surface area contributed by atoms with Crippen LogP contribution in [-0.4, -0.2) is 34.0 Å². The van der Waals surface area contributed by atoms with E-state index in [1.165, 1.54) is 6.42 Å². The molecule has 5 heteroatoms. The van der Waals surface area contributed by atoms with E-state index >= 15 is 0 Å². The van der Waals surface area contributed by atoms with Crippen molar-refractivity contribution in [3.05, 3.63) is 29.6 Å². The van der Waals surface area contributed by atoms with Crippen LogP contribution in [-0.2, 0) is 6.42 Å². The minimum atomic E-state index is -0.391. The van der Waals surface area contributed by atoms with Gasteiger partial charge >= 0.3 is 0 Å². The standard InChI is InChI=1S/C15H20N4O/c1-3-13-17-11-7-6-10(15(16)20)9-12(11)19(13)14-5-4-8-18(14)2/h6-7,9,14H,3-5,8H2,1-2H3,(H2,16,20). The van der Waals surface area contributed by atoms with E-state index in [1.54, 1.807) is 6.07 Å². The summed E-state index contributed by atoms with van der Waals surface area (Å²) < 4.78 is 2.27. The van der Waals surface area contributed by atoms with Gasteiger partial charge in [0.15, 0.2) is 0 Å². The number of amides is 1. The number of nitrogens with zero attached hydrogens (tertiary/aromatic N) is 3. The van der Waals surface area contributed by atoms with Crippen molar-refractivity contribution in [1.29, 1.82) is 0 Å². The second-order valence-corrected chi connectivity index (χ2v) is 5.42. The van der Waals surface area contributed by atoms with E-state index in [-0.39, 0.29) is 0 Å². The Bertz CT molecular complexity index is 661. The third-order valence-electron chi connectivity index (χ3n) is 4.14. The fourth-order valence-electron chi connectivity index (χ4n) is 3.10. The van der Waals surface area contributed by atoms with E-state index in [9.17, 15) is 4.79 Å². The highest BCUT2D eigenvalue weighted by atomic mass is 16.1. The summed E-state index contributed by atoms with van der Waals surface area (Å²) in [4.78, 5) is 18.4. The van der Waals surface area contributed by atoms with Gasteiger partial charge in [-0.3, -0.25) is 9.69 Å². The van der Waals surface area contributed by atoms with Crippen molar-refractivity contribution in [2.24, 2.45) is 5.73 Å². The molecule has 0 spiro atoms. The number of nitrogens with two attached hydrogens (primary N) is 1. The van der Waals surface area contributed by atoms with Crippen molar-refractivity contribution in [3.63, 3.8) is 0 Å². The van der Waals surface area contributed by atoms with Crippen LogP contribution < -0.4 is 5.73 Å². The van der Waals surface area contributed by atoms with Crippen LogP contribution in [0.2, 0.25) is 0 Å². The molecule has 106 valence electrons. The topological polar surface area (TPSA) is 64.1 Å². The fraction of sp³-hybridized carbons (Fsp3) is 0.467. The average Bonchev–Trinajstić information content (AvgIpc) is 3.00. The Hall–Kier alpha value is -1.88. The molecule has 1 aliphatic heterocycles. The monoisotopic (exact) mass is 272 g/mol. The molecule has 0 saturated carbocycles. The highest BCUT2D eigenvalue weighted by Crippen LogP contribution is 2.31. The van der Waals surface area contributed by atoms with Crippen molar-refractivity contribution in [1.82, 2.24) is 14.5 Å². The first kappa shape index (κ1) is 13.1. The van der Waals surface area contributed by atoms with Crippen molar-refractivity contribution in [2.75, 3.05) is 13.6 Å². The van der Waals surface area contributed by atoms with Crippen LogP contribution in [0.4, 0.5) is 0 Å². The van der Waals surface area contributed by atoms with Crippen molar-refractivity contribution in [2.45, 2.75) is 32.4 Å². The molecule has 20 heavy (non-hydrogen) atoms. The molecular formula is C15H20N4O. The molecule has 3 rings (SSSR count). The molecule has 0 radical (unpaired) electrons. The number of benzene rings is 1. The second-order valence-electron chi connectivity index (χ2n) is 5.42. The lowest BCUT2D eigenvalue weighted by atomic mass is 10.2. The lowest BCUT2D eigenvalue weighted by molar-refractivity contribution is 0.100. The first-order chi connectivity index (χ1) is 9.61. The summed E-state index contributed by atoms with van der Waals surface area (Å²) in [7, 11) is 2.14. The summed E-state index contributed by atoms with van der Waals surface area (Å²) in [6.07, 6.45) is 3.53. The van der Waals surface area contributed by atoms with Gasteiger partial charge in [0.1, 0.15) is 5.82 Å². The lowest BCUT2D eigenvalue weighted by Gasteiger charge is -2.23. The molecule has 1 amide bonds. The quantitative estimate of drug-likeness (QED) is 0.928. The van der Waals surface area contributed by atoms with Gasteiger partial charge < -0.3 is 10.3 Å². The SMILES string of the molecule is CCc1nc2ccc(C(N)=O)cc2n1C1CCCN1C. The highest BCUT2D eigenvalue weighted by Gasteiger charge is 2.26. The largest absolute Gasteiger partial charge is 0.366 e. The molecule has 1 saturated heterocycles. The van der Waals surface area contributed by atoms with Crippen LogP contribution >= 0.6 is 0 Å². The molecule has 0 aliphatic carbocycles. The molecule has 1 atom stereocenters. The average molecular weight is 272 g/mol. The van der Waals surface area contributed by atoms with Gasteiger partial charge in [0.2, 0.25) is 5.91 Å². The zero-order valence-electron chi connectivity index (χ0n) is 12.0. The zero-order chi connectivity index (χ0) is 14.3. The van der Waals surface area contributed by atoms with Crippen molar-refractivity contribution < 1.29 is 4.79 Å². The molecule has 1 aromatic carbocycles. The molecule has 5 nitrogen and oxygen atoms in total. The van der Waals surface area contributed by atoms with Crippen LogP contribution in [0.3, 0.4) is 0 Å². The summed E-state index contributed by atoms with van der Waals surface area (Å²) in [5.74, 6) is 0.679. The number of hydrogen-bond acceptors (Lipinski definition) is 3. The number of primary amides is 1. The lowest BCUT2D eigenvalue weighted by Crippen LogP contribution is -2.24. The molecule has 0 bridgehead atoms. The van der Waals surface area contributed by atoms with E-state index < -0.39 is 5.91 Å². The Kier molecular flexibility index (Phi) is 3.22. The maximum absolute atomic E-state index is 11.4. The normalized spacial score (nSPS) is 19.8. The van der Waals surface area contributed by atoms with Gasteiger partial charge in [-0.2, -0.15) is 0 Å². The molecule has 1 fully saturated rings. The molecule has 2 heterocycles. The van der Waals surface area contributed by atoms with Gasteiger partial charge in [-0.05, 0) is 44.6 Å². The smallest absolute Gasteiger partial charge is 0.248 e. The predicted octanol–water partition coefficient (Wildman–Crippen LogP) is 1.92. The van der Waals surface area contributed by atoms with Gasteiger partial charge in [0.05, 0.1) is 17.2 Å². The van der Waals surface area contributed by atoms with E-state index in [2.05, 4.69) is 23.4 Å². The predicted molar refractivity (Wildman–Crippen MR) is 78.5 cm³/mol. The van der Waals surface area contributed by atoms with Gasteiger partial charge in [-0.1, -0.05) is 6.92 Å². The summed E-state index contributed by atoms with van der Waals surface area (Å²) in [6.45, 7) is 3.21. The minimum absolute atomic E-state index is 0.332. The van der Waals surface area contributed by atoms with Crippen LogP contribution in [0.25, 0.3) is 11.0 Å². The van der Waals surface area contributed by atoms with E-state index in [1.807, 2.05) is 12.1 Å². The highest BCUT2D eigenvalue weighted by molar-refractivity contribution is 5.96. The molecule has 2 aromatic rings. The minimum Gasteiger partial charge on any atom is -0.366 e. The second kappa shape index (κ2) is 4.90. The van der Waals surface area contributed by atoms with Crippen LogP contribution in [0.1, 0.15) is 42.1 Å². The van der Waals surface area contributed by atoms with Gasteiger partial charge in [-0.25, -0.2) is 4.98 Å². The Morgan fingerprint density at radius 2 is 2.30 bits per heavy atom. The Labute approximate surface area is 118 Å². The number of hydrogen-bond donors (Lipinski definition) is 1. The molecule has 2 N–H and O–H groups in total. The fourth-order valence-corrected chi connectivity index (χ4v) is 3.10.